The van der Waals surface area contributed by atoms with Crippen LogP contribution in [0.2, 0.25) is 0 Å². The second-order valence-electron chi connectivity index (χ2n) is 8.71. The molecule has 1 aromatic carbocycles. The smallest absolute Gasteiger partial charge is 0.177 e. The van der Waals surface area contributed by atoms with E-state index in [4.69, 9.17) is 29.0 Å². The van der Waals surface area contributed by atoms with Crippen LogP contribution >= 0.6 is 0 Å². The van der Waals surface area contributed by atoms with Gasteiger partial charge in [-0.15, -0.1) is 0 Å². The number of hydrogen-bond acceptors (Lipinski definition) is 6. The number of H-pyrrole nitrogens is 1. The zero-order valence-electron chi connectivity index (χ0n) is 21.5. The minimum Gasteiger partial charge on any atom is -0.494 e. The molecule has 190 valence electrons. The molecule has 3 aromatic heterocycles. The summed E-state index contributed by atoms with van der Waals surface area (Å²) in [6.07, 6.45) is 7.87. The molecular formula is C30H26N4O4. The van der Waals surface area contributed by atoms with Gasteiger partial charge in [-0.05, 0) is 48.1 Å². The Kier molecular flexibility index (Phi) is 5.84. The fraction of sp³-hybridized carbons (Fsp3) is 0.133. The van der Waals surface area contributed by atoms with Gasteiger partial charge in [-0.1, -0.05) is 30.3 Å². The number of hydrogen-bond donors (Lipinski definition) is 1. The summed E-state index contributed by atoms with van der Waals surface area (Å²) in [5.41, 5.74) is 7.80. The molecule has 8 nitrogen and oxygen atoms in total. The Morgan fingerprint density at radius 3 is 1.92 bits per heavy atom. The van der Waals surface area contributed by atoms with Crippen LogP contribution in [0, 0.1) is 0 Å². The Balaban J connectivity index is 1.88. The number of benzene rings is 1. The number of nitrogens with one attached hydrogen (secondary N) is 1. The Labute approximate surface area is 219 Å². The van der Waals surface area contributed by atoms with Crippen molar-refractivity contribution < 1.29 is 19.0 Å². The third-order valence-corrected chi connectivity index (χ3v) is 6.49. The van der Waals surface area contributed by atoms with Crippen LogP contribution < -0.4 is 19.0 Å². The number of aromatic amines is 1. The van der Waals surface area contributed by atoms with E-state index in [1.165, 1.54) is 0 Å². The first kappa shape index (κ1) is 23.4. The van der Waals surface area contributed by atoms with Crippen LogP contribution in [0.5, 0.6) is 17.2 Å². The van der Waals surface area contributed by atoms with Crippen LogP contribution in [0.3, 0.4) is 0 Å². The van der Waals surface area contributed by atoms with Gasteiger partial charge in [0.2, 0.25) is 0 Å². The van der Waals surface area contributed by atoms with Crippen molar-refractivity contribution in [2.24, 2.45) is 0 Å². The predicted octanol–water partition coefficient (Wildman–Crippen LogP) is 5.88. The molecule has 8 heteroatoms. The summed E-state index contributed by atoms with van der Waals surface area (Å²) in [4.78, 5) is 19.0. The Morgan fingerprint density at radius 1 is 0.684 bits per heavy atom. The van der Waals surface area contributed by atoms with Gasteiger partial charge in [-0.2, -0.15) is 4.73 Å². The minimum absolute atomic E-state index is 0.491. The quantitative estimate of drug-likeness (QED) is 0.314. The molecule has 1 N–H and O–H groups in total. The van der Waals surface area contributed by atoms with Crippen LogP contribution in [0.15, 0.2) is 54.6 Å². The lowest BCUT2D eigenvalue weighted by atomic mass is 10.1. The summed E-state index contributed by atoms with van der Waals surface area (Å²) in [7, 11) is 6.49. The zero-order chi connectivity index (χ0) is 26.2. The fourth-order valence-electron chi connectivity index (χ4n) is 4.89. The van der Waals surface area contributed by atoms with Crippen molar-refractivity contribution in [3.05, 3.63) is 77.4 Å². The largest absolute Gasteiger partial charge is 0.494 e. The molecule has 2 aliphatic rings. The van der Waals surface area contributed by atoms with Crippen LogP contribution in [0.1, 0.15) is 22.8 Å². The molecule has 8 bridgehead atoms. The molecule has 0 saturated heterocycles. The van der Waals surface area contributed by atoms with Crippen molar-refractivity contribution in [1.82, 2.24) is 19.7 Å². The zero-order valence-corrected chi connectivity index (χ0v) is 21.5. The summed E-state index contributed by atoms with van der Waals surface area (Å²) in [5.74, 6) is 1.69. The average molecular weight is 507 g/mol. The van der Waals surface area contributed by atoms with Crippen LogP contribution in [-0.2, 0) is 0 Å². The molecule has 0 spiro atoms. The van der Waals surface area contributed by atoms with Crippen LogP contribution in [0.4, 0.5) is 0 Å². The molecule has 0 amide bonds. The van der Waals surface area contributed by atoms with E-state index in [0.717, 1.165) is 44.9 Å². The molecule has 0 fully saturated rings. The van der Waals surface area contributed by atoms with Gasteiger partial charge in [-0.3, -0.25) is 0 Å². The molecule has 6 rings (SSSR count). The van der Waals surface area contributed by atoms with Gasteiger partial charge in [0, 0.05) is 11.6 Å². The summed E-state index contributed by atoms with van der Waals surface area (Å²) in [5, 5.41) is 0. The number of ether oxygens (including phenoxy) is 3. The number of aromatic nitrogens is 4. The lowest BCUT2D eigenvalue weighted by Crippen LogP contribution is -2.06. The highest BCUT2D eigenvalue weighted by Crippen LogP contribution is 2.45. The lowest BCUT2D eigenvalue weighted by molar-refractivity contribution is 0.187. The monoisotopic (exact) mass is 506 g/mol. The summed E-state index contributed by atoms with van der Waals surface area (Å²) < 4.78 is 19.5. The van der Waals surface area contributed by atoms with Crippen molar-refractivity contribution in [3.8, 4) is 28.4 Å². The van der Waals surface area contributed by atoms with Crippen molar-refractivity contribution in [1.29, 1.82) is 0 Å². The molecule has 5 heterocycles. The van der Waals surface area contributed by atoms with E-state index in [-0.39, 0.29) is 0 Å². The maximum Gasteiger partial charge on any atom is 0.177 e. The molecular weight excluding hydrogens is 480 g/mol. The number of fused-ring (bicyclic) bond motifs is 8. The topological polar surface area (TPSA) is 83.4 Å². The third kappa shape index (κ3) is 3.87. The maximum absolute atomic E-state index is 6.06. The van der Waals surface area contributed by atoms with Crippen molar-refractivity contribution in [3.63, 3.8) is 0 Å². The highest BCUT2D eigenvalue weighted by molar-refractivity contribution is 5.99. The molecule has 0 atom stereocenters. The SMILES string of the molecule is COc1cc2cc3nc(cc4nc(cc5c(-c6ccccc6)c(OC)c(c(OC)c1[nH]2)n5OC)C=C4)C=C3. The Bertz CT molecular complexity index is 1760. The van der Waals surface area contributed by atoms with Gasteiger partial charge in [0.05, 0.1) is 55.2 Å². The number of nitrogens with zero attached hydrogens (tertiary/aromatic N) is 3. The first-order valence-electron chi connectivity index (χ1n) is 12.1. The molecule has 0 aliphatic carbocycles. The Morgan fingerprint density at radius 2 is 1.32 bits per heavy atom. The fourth-order valence-corrected chi connectivity index (χ4v) is 4.89. The normalized spacial score (nSPS) is 12.0. The average Bonchev–Trinajstić information content (AvgIpc) is 3.72. The van der Waals surface area contributed by atoms with Gasteiger partial charge >= 0.3 is 0 Å². The highest BCUT2D eigenvalue weighted by atomic mass is 16.6. The van der Waals surface area contributed by atoms with Crippen LogP contribution in [0.25, 0.3) is 57.5 Å². The molecule has 38 heavy (non-hydrogen) atoms. The van der Waals surface area contributed by atoms with E-state index >= 15 is 0 Å². The third-order valence-electron chi connectivity index (χ3n) is 6.49. The lowest BCUT2D eigenvalue weighted by Gasteiger charge is -2.09. The summed E-state index contributed by atoms with van der Waals surface area (Å²) in [6, 6.07) is 17.8. The van der Waals surface area contributed by atoms with Crippen molar-refractivity contribution in [2.45, 2.75) is 0 Å². The second-order valence-corrected chi connectivity index (χ2v) is 8.71. The molecule has 2 aliphatic heterocycles. The van der Waals surface area contributed by atoms with Crippen LogP contribution in [-0.4, -0.2) is 48.1 Å². The summed E-state index contributed by atoms with van der Waals surface area (Å²) >= 11 is 0. The van der Waals surface area contributed by atoms with Gasteiger partial charge in [0.1, 0.15) is 18.4 Å². The number of rotatable bonds is 5. The molecule has 0 unspecified atom stereocenters. The van der Waals surface area contributed by atoms with Crippen molar-refractivity contribution >= 4 is 46.4 Å². The van der Waals surface area contributed by atoms with E-state index < -0.39 is 0 Å². The molecule has 4 aromatic rings. The van der Waals surface area contributed by atoms with Gasteiger partial charge in [0.25, 0.3) is 0 Å². The Hall–Kier alpha value is -4.98. The standard InChI is InChI=1S/C30H26N4O4/c1-35-25-17-23-15-21-11-10-19(31-21)14-20-12-13-22(32-20)16-24-26(18-8-6-5-7-9-18)29(36-2)28(34(24)38-4)30(37-3)27(25)33-23/h5-17,33H,1-4H3. The van der Waals surface area contributed by atoms with Crippen molar-refractivity contribution in [2.75, 3.05) is 28.4 Å². The summed E-state index contributed by atoms with van der Waals surface area (Å²) in [6.45, 7) is 0. The van der Waals surface area contributed by atoms with Gasteiger partial charge in [-0.25, -0.2) is 9.97 Å². The van der Waals surface area contributed by atoms with E-state index in [1.54, 1.807) is 33.2 Å². The highest BCUT2D eigenvalue weighted by Gasteiger charge is 2.25. The van der Waals surface area contributed by atoms with E-state index in [1.807, 2.05) is 78.9 Å². The van der Waals surface area contributed by atoms with E-state index in [2.05, 4.69) is 4.98 Å². The first-order valence-corrected chi connectivity index (χ1v) is 12.1. The molecule has 0 radical (unpaired) electrons. The predicted molar refractivity (Wildman–Crippen MR) is 150 cm³/mol. The van der Waals surface area contributed by atoms with E-state index in [9.17, 15) is 0 Å². The van der Waals surface area contributed by atoms with Gasteiger partial charge in [0.15, 0.2) is 17.0 Å². The van der Waals surface area contributed by atoms with E-state index in [0.29, 0.717) is 28.3 Å². The number of methoxy groups -OCH3 is 3. The molecule has 0 saturated carbocycles. The maximum atomic E-state index is 6.06. The van der Waals surface area contributed by atoms with Gasteiger partial charge < -0.3 is 24.0 Å². The first-order chi connectivity index (χ1) is 18.6. The minimum atomic E-state index is 0.491. The second kappa shape index (κ2) is 9.48.